The van der Waals surface area contributed by atoms with Gasteiger partial charge in [0.25, 0.3) is 0 Å². The van der Waals surface area contributed by atoms with E-state index in [0.717, 1.165) is 5.69 Å². The zero-order valence-corrected chi connectivity index (χ0v) is 17.2. The molecule has 4 aromatic rings. The van der Waals surface area contributed by atoms with Gasteiger partial charge in [0.1, 0.15) is 0 Å². The van der Waals surface area contributed by atoms with Gasteiger partial charge in [0, 0.05) is 40.3 Å². The van der Waals surface area contributed by atoms with Crippen LogP contribution >= 0.6 is 0 Å². The fourth-order valence-corrected chi connectivity index (χ4v) is 5.70. The maximum atomic E-state index is 4.87. The molecule has 0 bridgehead atoms. The third-order valence-electron chi connectivity index (χ3n) is 7.34. The number of rotatable bonds is 1. The Bertz CT molecular complexity index is 1260. The molecule has 2 aromatic carbocycles. The molecule has 0 amide bonds. The quantitative estimate of drug-likeness (QED) is 0.352. The van der Waals surface area contributed by atoms with E-state index in [1.807, 2.05) is 18.6 Å². The van der Waals surface area contributed by atoms with E-state index in [1.54, 1.807) is 0 Å². The van der Waals surface area contributed by atoms with Gasteiger partial charge in [0.15, 0.2) is 0 Å². The largest absolute Gasteiger partial charge is 0.264 e. The maximum absolute atomic E-state index is 4.87. The Labute approximate surface area is 172 Å². The molecule has 29 heavy (non-hydrogen) atoms. The summed E-state index contributed by atoms with van der Waals surface area (Å²) >= 11 is 0. The van der Waals surface area contributed by atoms with Gasteiger partial charge in [-0.1, -0.05) is 45.2 Å². The summed E-state index contributed by atoms with van der Waals surface area (Å²) in [4.78, 5) is 9.21. The highest BCUT2D eigenvalue weighted by Crippen LogP contribution is 2.50. The molecule has 0 radical (unpaired) electrons. The van der Waals surface area contributed by atoms with Gasteiger partial charge in [0.2, 0.25) is 0 Å². The molecule has 0 unspecified atom stereocenters. The Hall–Kier alpha value is -2.74. The zero-order valence-electron chi connectivity index (χ0n) is 17.2. The van der Waals surface area contributed by atoms with Crippen LogP contribution in [-0.4, -0.2) is 9.97 Å². The summed E-state index contributed by atoms with van der Waals surface area (Å²) in [5, 5.41) is 5.12. The zero-order chi connectivity index (χ0) is 19.6. The molecular formula is C27H26N2. The second-order valence-corrected chi connectivity index (χ2v) is 9.41. The lowest BCUT2D eigenvalue weighted by molar-refractivity contribution is 0.443. The van der Waals surface area contributed by atoms with E-state index < -0.39 is 0 Å². The number of aromatic nitrogens is 2. The summed E-state index contributed by atoms with van der Waals surface area (Å²) in [6, 6.07) is 13.9. The highest BCUT2D eigenvalue weighted by Gasteiger charge is 2.35. The van der Waals surface area contributed by atoms with E-state index in [1.165, 1.54) is 75.9 Å². The average Bonchev–Trinajstić information content (AvgIpc) is 2.77. The standard InChI is InChI=1S/C27H26N2/c1-27(2)23-14-18-8-10-28-16-21(18)13-22(23)26-25-19(9-11-29-26)12-20(15-24(25)27)17-6-4-3-5-7-17/h8-17H,3-7H2,1-2H3. The first-order valence-electron chi connectivity index (χ1n) is 10.9. The van der Waals surface area contributed by atoms with Crippen LogP contribution in [0.3, 0.4) is 0 Å². The van der Waals surface area contributed by atoms with Crippen molar-refractivity contribution < 1.29 is 0 Å². The lowest BCUT2D eigenvalue weighted by atomic mass is 9.68. The van der Waals surface area contributed by atoms with Crippen molar-refractivity contribution in [3.05, 3.63) is 71.7 Å². The van der Waals surface area contributed by atoms with E-state index in [0.29, 0.717) is 5.92 Å². The minimum Gasteiger partial charge on any atom is -0.264 e. The van der Waals surface area contributed by atoms with Gasteiger partial charge in [0.05, 0.1) is 5.69 Å². The monoisotopic (exact) mass is 378 g/mol. The minimum absolute atomic E-state index is 0.0498. The SMILES string of the molecule is CC1(C)c2cc3ccncc3cc2-c2nccc3cc(C4CCCCC4)cc1c23. The fraction of sp³-hybridized carbons (Fsp3) is 0.333. The van der Waals surface area contributed by atoms with Crippen molar-refractivity contribution >= 4 is 21.5 Å². The second-order valence-electron chi connectivity index (χ2n) is 9.41. The van der Waals surface area contributed by atoms with Crippen LogP contribution in [0.4, 0.5) is 0 Å². The van der Waals surface area contributed by atoms with Crippen molar-refractivity contribution in [2.75, 3.05) is 0 Å². The summed E-state index contributed by atoms with van der Waals surface area (Å²) in [5.41, 5.74) is 6.70. The van der Waals surface area contributed by atoms with Gasteiger partial charge in [-0.3, -0.25) is 9.97 Å². The molecule has 1 saturated carbocycles. The van der Waals surface area contributed by atoms with Gasteiger partial charge in [-0.05, 0) is 70.5 Å². The smallest absolute Gasteiger partial charge is 0.0786 e. The number of fused-ring (bicyclic) bond motifs is 3. The second kappa shape index (κ2) is 6.13. The molecule has 2 aliphatic rings. The molecule has 6 rings (SSSR count). The van der Waals surface area contributed by atoms with E-state index in [9.17, 15) is 0 Å². The Morgan fingerprint density at radius 3 is 2.52 bits per heavy atom. The summed E-state index contributed by atoms with van der Waals surface area (Å²) in [6.45, 7) is 4.77. The summed E-state index contributed by atoms with van der Waals surface area (Å²) in [5.74, 6) is 0.709. The molecule has 2 nitrogen and oxygen atoms in total. The topological polar surface area (TPSA) is 25.8 Å². The van der Waals surface area contributed by atoms with Crippen molar-refractivity contribution in [3.63, 3.8) is 0 Å². The highest BCUT2D eigenvalue weighted by molar-refractivity contribution is 6.04. The Balaban J connectivity index is 1.67. The van der Waals surface area contributed by atoms with Gasteiger partial charge < -0.3 is 0 Å². The highest BCUT2D eigenvalue weighted by atomic mass is 14.7. The average molecular weight is 379 g/mol. The lowest BCUT2D eigenvalue weighted by Crippen LogP contribution is -2.24. The van der Waals surface area contributed by atoms with Crippen LogP contribution < -0.4 is 0 Å². The predicted octanol–water partition coefficient (Wildman–Crippen LogP) is 7.14. The molecule has 144 valence electrons. The van der Waals surface area contributed by atoms with Gasteiger partial charge >= 0.3 is 0 Å². The number of hydrogen-bond donors (Lipinski definition) is 0. The summed E-state index contributed by atoms with van der Waals surface area (Å²) < 4.78 is 0. The van der Waals surface area contributed by atoms with Crippen molar-refractivity contribution in [1.82, 2.24) is 9.97 Å². The first-order chi connectivity index (χ1) is 14.1. The number of nitrogens with zero attached hydrogens (tertiary/aromatic N) is 2. The molecule has 2 aliphatic carbocycles. The maximum Gasteiger partial charge on any atom is 0.0786 e. The van der Waals surface area contributed by atoms with E-state index in [2.05, 4.69) is 55.2 Å². The molecule has 2 heterocycles. The summed E-state index contributed by atoms with van der Waals surface area (Å²) in [6.07, 6.45) is 12.6. The van der Waals surface area contributed by atoms with E-state index in [-0.39, 0.29) is 5.41 Å². The summed E-state index contributed by atoms with van der Waals surface area (Å²) in [7, 11) is 0. The molecule has 0 N–H and O–H groups in total. The lowest BCUT2D eigenvalue weighted by Gasteiger charge is -2.36. The molecule has 0 saturated heterocycles. The molecule has 1 fully saturated rings. The van der Waals surface area contributed by atoms with Crippen molar-refractivity contribution in [1.29, 1.82) is 0 Å². The van der Waals surface area contributed by atoms with Crippen LogP contribution in [0.5, 0.6) is 0 Å². The Morgan fingerprint density at radius 1 is 0.828 bits per heavy atom. The number of hydrogen-bond acceptors (Lipinski definition) is 2. The van der Waals surface area contributed by atoms with E-state index >= 15 is 0 Å². The van der Waals surface area contributed by atoms with Crippen LogP contribution in [0.15, 0.2) is 55.0 Å². The normalized spacial score (nSPS) is 18.1. The van der Waals surface area contributed by atoms with Gasteiger partial charge in [-0.15, -0.1) is 0 Å². The number of benzene rings is 2. The first kappa shape index (κ1) is 17.1. The van der Waals surface area contributed by atoms with Crippen LogP contribution in [-0.2, 0) is 5.41 Å². The van der Waals surface area contributed by atoms with Crippen LogP contribution in [0.25, 0.3) is 32.8 Å². The molecule has 2 heteroatoms. The van der Waals surface area contributed by atoms with Crippen LogP contribution in [0, 0.1) is 0 Å². The minimum atomic E-state index is -0.0498. The van der Waals surface area contributed by atoms with Crippen LogP contribution in [0.2, 0.25) is 0 Å². The van der Waals surface area contributed by atoms with Crippen molar-refractivity contribution in [3.8, 4) is 11.3 Å². The van der Waals surface area contributed by atoms with Crippen molar-refractivity contribution in [2.24, 2.45) is 0 Å². The Morgan fingerprint density at radius 2 is 1.66 bits per heavy atom. The van der Waals surface area contributed by atoms with Crippen molar-refractivity contribution in [2.45, 2.75) is 57.3 Å². The fourth-order valence-electron chi connectivity index (χ4n) is 5.70. The first-order valence-corrected chi connectivity index (χ1v) is 10.9. The molecular weight excluding hydrogens is 352 g/mol. The van der Waals surface area contributed by atoms with Gasteiger partial charge in [-0.2, -0.15) is 0 Å². The third kappa shape index (κ3) is 2.48. The van der Waals surface area contributed by atoms with Crippen LogP contribution in [0.1, 0.15) is 68.6 Å². The Kier molecular flexibility index (Phi) is 3.62. The number of pyridine rings is 2. The molecule has 0 spiro atoms. The van der Waals surface area contributed by atoms with Gasteiger partial charge in [-0.25, -0.2) is 0 Å². The third-order valence-corrected chi connectivity index (χ3v) is 7.34. The molecule has 0 aliphatic heterocycles. The molecule has 2 aromatic heterocycles. The molecule has 0 atom stereocenters. The van der Waals surface area contributed by atoms with E-state index in [4.69, 9.17) is 4.98 Å². The predicted molar refractivity (Wildman–Crippen MR) is 120 cm³/mol.